The van der Waals surface area contributed by atoms with Gasteiger partial charge in [-0.1, -0.05) is 6.92 Å². The van der Waals surface area contributed by atoms with Crippen LogP contribution in [0.5, 0.6) is 0 Å². The highest BCUT2D eigenvalue weighted by Gasteiger charge is 2.30. The number of rotatable bonds is 4. The number of carbonyl (C=O) groups is 1. The molecule has 0 aliphatic heterocycles. The van der Waals surface area contributed by atoms with Crippen LogP contribution >= 0.6 is 22.7 Å². The van der Waals surface area contributed by atoms with Crippen molar-refractivity contribution in [3.8, 4) is 0 Å². The van der Waals surface area contributed by atoms with Gasteiger partial charge in [0.25, 0.3) is 5.91 Å². The van der Waals surface area contributed by atoms with Crippen molar-refractivity contribution in [1.29, 1.82) is 0 Å². The Bertz CT molecular complexity index is 533. The number of aryl methyl sites for hydroxylation is 1. The number of thiophene rings is 1. The maximum absolute atomic E-state index is 12.1. The molecule has 1 amide bonds. The van der Waals surface area contributed by atoms with E-state index >= 15 is 0 Å². The molecule has 3 nitrogen and oxygen atoms in total. The van der Waals surface area contributed by atoms with E-state index in [1.165, 1.54) is 11.3 Å². The van der Waals surface area contributed by atoms with Crippen LogP contribution < -0.4 is 5.32 Å². The monoisotopic (exact) mass is 280 g/mol. The predicted molar refractivity (Wildman–Crippen MR) is 76.3 cm³/mol. The lowest BCUT2D eigenvalue weighted by Gasteiger charge is -2.27. The molecular formula is C13H16N2OS2. The number of amides is 1. The Hall–Kier alpha value is -1.20. The van der Waals surface area contributed by atoms with Crippen LogP contribution in [0.15, 0.2) is 22.2 Å². The third kappa shape index (κ3) is 2.62. The molecule has 0 aliphatic carbocycles. The van der Waals surface area contributed by atoms with Crippen molar-refractivity contribution in [2.24, 2.45) is 0 Å². The van der Waals surface area contributed by atoms with Crippen molar-refractivity contribution >= 4 is 28.6 Å². The first kappa shape index (κ1) is 13.2. The van der Waals surface area contributed by atoms with Gasteiger partial charge in [0.05, 0.1) is 11.1 Å². The maximum Gasteiger partial charge on any atom is 0.252 e. The second kappa shape index (κ2) is 5.20. The van der Waals surface area contributed by atoms with Crippen molar-refractivity contribution in [2.75, 3.05) is 0 Å². The number of nitrogens with one attached hydrogen (secondary N) is 1. The Balaban J connectivity index is 2.21. The largest absolute Gasteiger partial charge is 0.340 e. The zero-order valence-electron chi connectivity index (χ0n) is 10.7. The average molecular weight is 280 g/mol. The van der Waals surface area contributed by atoms with Gasteiger partial charge in [-0.2, -0.15) is 11.3 Å². The van der Waals surface area contributed by atoms with E-state index in [4.69, 9.17) is 0 Å². The third-order valence-electron chi connectivity index (χ3n) is 2.97. The van der Waals surface area contributed by atoms with E-state index in [9.17, 15) is 4.79 Å². The molecule has 18 heavy (non-hydrogen) atoms. The summed E-state index contributed by atoms with van der Waals surface area (Å²) in [4.78, 5) is 16.6. The molecule has 0 saturated carbocycles. The molecule has 0 aromatic carbocycles. The summed E-state index contributed by atoms with van der Waals surface area (Å²) in [5, 5.41) is 9.84. The van der Waals surface area contributed by atoms with Crippen LogP contribution in [0.2, 0.25) is 0 Å². The molecule has 2 aromatic heterocycles. The minimum Gasteiger partial charge on any atom is -0.340 e. The van der Waals surface area contributed by atoms with Gasteiger partial charge in [-0.25, -0.2) is 4.98 Å². The van der Waals surface area contributed by atoms with Crippen LogP contribution in [0, 0.1) is 6.92 Å². The fourth-order valence-corrected chi connectivity index (χ4v) is 3.24. The predicted octanol–water partition coefficient (Wildman–Crippen LogP) is 3.57. The van der Waals surface area contributed by atoms with Gasteiger partial charge in [0.1, 0.15) is 5.01 Å². The molecule has 1 N–H and O–H groups in total. The summed E-state index contributed by atoms with van der Waals surface area (Å²) in [5.74, 6) is -0.0338. The van der Waals surface area contributed by atoms with Gasteiger partial charge in [0, 0.05) is 16.5 Å². The molecule has 0 fully saturated rings. The fraction of sp³-hybridized carbons (Fsp3) is 0.385. The highest BCUT2D eigenvalue weighted by molar-refractivity contribution is 7.09. The molecule has 2 rings (SSSR count). The van der Waals surface area contributed by atoms with Crippen molar-refractivity contribution in [1.82, 2.24) is 10.3 Å². The summed E-state index contributed by atoms with van der Waals surface area (Å²) in [7, 11) is 0. The molecule has 96 valence electrons. The standard InChI is InChI=1S/C13H16N2OS2/c1-4-13(3,12-14-9(2)7-18-12)15-11(16)10-5-6-17-8-10/h5-8H,4H2,1-3H3,(H,15,16). The molecule has 0 spiro atoms. The van der Waals surface area contributed by atoms with Crippen LogP contribution in [0.1, 0.15) is 41.3 Å². The number of thiazole rings is 1. The van der Waals surface area contributed by atoms with Gasteiger partial charge < -0.3 is 5.32 Å². The molecule has 0 aliphatic rings. The van der Waals surface area contributed by atoms with Crippen LogP contribution in [0.25, 0.3) is 0 Å². The first-order chi connectivity index (χ1) is 8.55. The van der Waals surface area contributed by atoms with Gasteiger partial charge in [0.2, 0.25) is 0 Å². The van der Waals surface area contributed by atoms with E-state index in [1.54, 1.807) is 11.3 Å². The zero-order chi connectivity index (χ0) is 13.2. The summed E-state index contributed by atoms with van der Waals surface area (Å²) >= 11 is 3.12. The molecule has 2 aromatic rings. The minimum absolute atomic E-state index is 0.0338. The smallest absolute Gasteiger partial charge is 0.252 e. The summed E-state index contributed by atoms with van der Waals surface area (Å²) in [5.41, 5.74) is 1.32. The fourth-order valence-electron chi connectivity index (χ4n) is 1.62. The lowest BCUT2D eigenvalue weighted by Crippen LogP contribution is -2.42. The van der Waals surface area contributed by atoms with Gasteiger partial charge in [0.15, 0.2) is 0 Å². The number of hydrogen-bond donors (Lipinski definition) is 1. The summed E-state index contributed by atoms with van der Waals surface area (Å²) in [6, 6.07) is 1.84. The number of nitrogens with zero attached hydrogens (tertiary/aromatic N) is 1. The van der Waals surface area contributed by atoms with Crippen molar-refractivity contribution in [3.05, 3.63) is 38.5 Å². The van der Waals surface area contributed by atoms with Crippen LogP contribution in [-0.2, 0) is 5.54 Å². The number of hydrogen-bond acceptors (Lipinski definition) is 4. The Morgan fingerprint density at radius 2 is 2.28 bits per heavy atom. The lowest BCUT2D eigenvalue weighted by atomic mass is 9.99. The SMILES string of the molecule is CCC(C)(NC(=O)c1ccsc1)c1nc(C)cs1. The quantitative estimate of drug-likeness (QED) is 0.930. The van der Waals surface area contributed by atoms with Crippen molar-refractivity contribution < 1.29 is 4.79 Å². The molecule has 0 saturated heterocycles. The Morgan fingerprint density at radius 1 is 1.50 bits per heavy atom. The highest BCUT2D eigenvalue weighted by Crippen LogP contribution is 2.28. The Morgan fingerprint density at radius 3 is 2.78 bits per heavy atom. The van der Waals surface area contributed by atoms with Gasteiger partial charge >= 0.3 is 0 Å². The Labute approximate surface area is 115 Å². The van der Waals surface area contributed by atoms with Gasteiger partial charge in [-0.3, -0.25) is 4.79 Å². The van der Waals surface area contributed by atoms with Crippen molar-refractivity contribution in [2.45, 2.75) is 32.7 Å². The molecule has 0 radical (unpaired) electrons. The van der Waals surface area contributed by atoms with Crippen LogP contribution in [-0.4, -0.2) is 10.9 Å². The molecule has 0 bridgehead atoms. The topological polar surface area (TPSA) is 42.0 Å². The van der Waals surface area contributed by atoms with E-state index in [0.29, 0.717) is 5.56 Å². The van der Waals surface area contributed by atoms with E-state index in [0.717, 1.165) is 17.1 Å². The maximum atomic E-state index is 12.1. The number of carbonyl (C=O) groups excluding carboxylic acids is 1. The second-order valence-electron chi connectivity index (χ2n) is 4.45. The first-order valence-electron chi connectivity index (χ1n) is 5.82. The van der Waals surface area contributed by atoms with Crippen LogP contribution in [0.3, 0.4) is 0 Å². The first-order valence-corrected chi connectivity index (χ1v) is 7.65. The summed E-state index contributed by atoms with van der Waals surface area (Å²) < 4.78 is 0. The highest BCUT2D eigenvalue weighted by atomic mass is 32.1. The molecule has 2 heterocycles. The average Bonchev–Trinajstić information content (AvgIpc) is 2.99. The van der Waals surface area contributed by atoms with E-state index in [2.05, 4.69) is 17.2 Å². The van der Waals surface area contributed by atoms with E-state index in [1.807, 2.05) is 36.1 Å². The number of aromatic nitrogens is 1. The molecule has 1 unspecified atom stereocenters. The van der Waals surface area contributed by atoms with Gasteiger partial charge in [-0.15, -0.1) is 11.3 Å². The Kier molecular flexibility index (Phi) is 3.82. The van der Waals surface area contributed by atoms with E-state index in [-0.39, 0.29) is 5.91 Å². The van der Waals surface area contributed by atoms with E-state index < -0.39 is 5.54 Å². The van der Waals surface area contributed by atoms with Crippen LogP contribution in [0.4, 0.5) is 0 Å². The molecular weight excluding hydrogens is 264 g/mol. The molecule has 5 heteroatoms. The second-order valence-corrected chi connectivity index (χ2v) is 6.08. The summed E-state index contributed by atoms with van der Waals surface area (Å²) in [6.07, 6.45) is 0.815. The molecule has 1 atom stereocenters. The minimum atomic E-state index is -0.391. The summed E-state index contributed by atoms with van der Waals surface area (Å²) in [6.45, 7) is 6.05. The zero-order valence-corrected chi connectivity index (χ0v) is 12.3. The van der Waals surface area contributed by atoms with Crippen molar-refractivity contribution in [3.63, 3.8) is 0 Å². The van der Waals surface area contributed by atoms with Gasteiger partial charge in [-0.05, 0) is 31.7 Å². The normalized spacial score (nSPS) is 14.2. The third-order valence-corrected chi connectivity index (χ3v) is 4.88. The lowest BCUT2D eigenvalue weighted by molar-refractivity contribution is 0.0902.